The highest BCUT2D eigenvalue weighted by molar-refractivity contribution is 9.10. The minimum absolute atomic E-state index is 0.0744. The molecule has 20 heavy (non-hydrogen) atoms. The van der Waals surface area contributed by atoms with Crippen molar-refractivity contribution in [2.24, 2.45) is 0 Å². The molecule has 0 N–H and O–H groups in total. The van der Waals surface area contributed by atoms with Crippen LogP contribution < -0.4 is 4.74 Å². The monoisotopic (exact) mass is 376 g/mol. The van der Waals surface area contributed by atoms with Crippen molar-refractivity contribution in [3.63, 3.8) is 0 Å². The fourth-order valence-corrected chi connectivity index (χ4v) is 3.76. The zero-order valence-electron chi connectivity index (χ0n) is 10.4. The molecule has 2 rings (SSSR count). The summed E-state index contributed by atoms with van der Waals surface area (Å²) in [4.78, 5) is 0.0744. The van der Waals surface area contributed by atoms with E-state index in [0.717, 1.165) is 0 Å². The van der Waals surface area contributed by atoms with Gasteiger partial charge < -0.3 is 4.74 Å². The first kappa shape index (κ1) is 15.2. The molecule has 0 saturated heterocycles. The topological polar surface area (TPSA) is 69.2 Å². The first-order chi connectivity index (χ1) is 9.44. The SMILES string of the molecule is COc1cc(CS(=O)(=O)c2ccccc2Cl)nnc1Br. The zero-order chi connectivity index (χ0) is 14.8. The third-order valence-corrected chi connectivity index (χ3v) is 5.19. The molecule has 0 saturated carbocycles. The van der Waals surface area contributed by atoms with Gasteiger partial charge in [0, 0.05) is 6.07 Å². The van der Waals surface area contributed by atoms with Gasteiger partial charge in [0.2, 0.25) is 0 Å². The number of benzene rings is 1. The second-order valence-corrected chi connectivity index (χ2v) is 7.00. The number of halogens is 2. The van der Waals surface area contributed by atoms with Gasteiger partial charge in [0.1, 0.15) is 0 Å². The van der Waals surface area contributed by atoms with E-state index in [9.17, 15) is 8.42 Å². The number of methoxy groups -OCH3 is 1. The number of sulfone groups is 1. The van der Waals surface area contributed by atoms with Crippen LogP contribution in [0.2, 0.25) is 5.02 Å². The molecule has 2 aromatic rings. The normalized spacial score (nSPS) is 11.3. The fraction of sp³-hybridized carbons (Fsp3) is 0.167. The van der Waals surface area contributed by atoms with Crippen LogP contribution in [0.25, 0.3) is 0 Å². The number of hydrogen-bond acceptors (Lipinski definition) is 5. The molecule has 0 aliphatic rings. The van der Waals surface area contributed by atoms with Crippen LogP contribution in [0.1, 0.15) is 5.69 Å². The minimum atomic E-state index is -3.59. The first-order valence-corrected chi connectivity index (χ1v) is 8.30. The van der Waals surface area contributed by atoms with E-state index < -0.39 is 9.84 Å². The number of ether oxygens (including phenoxy) is 1. The molecular formula is C12H10BrClN2O3S. The van der Waals surface area contributed by atoms with Gasteiger partial charge >= 0.3 is 0 Å². The fourth-order valence-electron chi connectivity index (χ4n) is 1.58. The Morgan fingerprint density at radius 2 is 2.00 bits per heavy atom. The third kappa shape index (κ3) is 3.28. The van der Waals surface area contributed by atoms with Crippen molar-refractivity contribution >= 4 is 37.4 Å². The summed E-state index contributed by atoms with van der Waals surface area (Å²) in [5.74, 6) is 0.122. The van der Waals surface area contributed by atoms with Crippen LogP contribution in [0.15, 0.2) is 39.8 Å². The van der Waals surface area contributed by atoms with Gasteiger partial charge in [-0.2, -0.15) is 5.10 Å². The Kier molecular flexibility index (Phi) is 4.62. The van der Waals surface area contributed by atoms with Crippen LogP contribution in [0.4, 0.5) is 0 Å². The molecule has 0 fully saturated rings. The molecule has 106 valence electrons. The van der Waals surface area contributed by atoms with Gasteiger partial charge in [-0.15, -0.1) is 5.10 Å². The van der Waals surface area contributed by atoms with Gasteiger partial charge in [-0.1, -0.05) is 23.7 Å². The van der Waals surface area contributed by atoms with Gasteiger partial charge in [-0.3, -0.25) is 0 Å². The van der Waals surface area contributed by atoms with Crippen molar-refractivity contribution < 1.29 is 13.2 Å². The molecule has 0 radical (unpaired) electrons. The second-order valence-electron chi connectivity index (χ2n) is 3.88. The van der Waals surface area contributed by atoms with Crippen LogP contribution in [0.3, 0.4) is 0 Å². The van der Waals surface area contributed by atoms with E-state index in [0.29, 0.717) is 10.4 Å². The highest BCUT2D eigenvalue weighted by Gasteiger charge is 2.20. The zero-order valence-corrected chi connectivity index (χ0v) is 13.5. The lowest BCUT2D eigenvalue weighted by Gasteiger charge is -2.07. The van der Waals surface area contributed by atoms with Crippen LogP contribution in [0.5, 0.6) is 5.75 Å². The van der Waals surface area contributed by atoms with Crippen LogP contribution in [-0.2, 0) is 15.6 Å². The van der Waals surface area contributed by atoms with E-state index in [2.05, 4.69) is 26.1 Å². The number of hydrogen-bond donors (Lipinski definition) is 0. The Morgan fingerprint density at radius 1 is 1.30 bits per heavy atom. The summed E-state index contributed by atoms with van der Waals surface area (Å²) >= 11 is 9.07. The van der Waals surface area contributed by atoms with Crippen LogP contribution in [-0.4, -0.2) is 25.7 Å². The number of nitrogens with zero attached hydrogens (tertiary/aromatic N) is 2. The van der Waals surface area contributed by atoms with Gasteiger partial charge in [0.25, 0.3) is 0 Å². The van der Waals surface area contributed by atoms with Gasteiger partial charge in [-0.05, 0) is 28.1 Å². The van der Waals surface area contributed by atoms with Crippen molar-refractivity contribution in [3.8, 4) is 5.75 Å². The molecule has 0 unspecified atom stereocenters. The maximum absolute atomic E-state index is 12.3. The van der Waals surface area contributed by atoms with Gasteiger partial charge in [-0.25, -0.2) is 8.42 Å². The lowest BCUT2D eigenvalue weighted by molar-refractivity contribution is 0.407. The van der Waals surface area contributed by atoms with E-state index in [-0.39, 0.29) is 21.4 Å². The predicted molar refractivity (Wildman–Crippen MR) is 78.6 cm³/mol. The van der Waals surface area contributed by atoms with Gasteiger partial charge in [0.05, 0.1) is 28.5 Å². The van der Waals surface area contributed by atoms with E-state index in [1.54, 1.807) is 12.1 Å². The van der Waals surface area contributed by atoms with E-state index in [1.807, 2.05) is 0 Å². The Morgan fingerprint density at radius 3 is 2.65 bits per heavy atom. The van der Waals surface area contributed by atoms with E-state index >= 15 is 0 Å². The lowest BCUT2D eigenvalue weighted by Crippen LogP contribution is -2.08. The van der Waals surface area contributed by atoms with Crippen molar-refractivity contribution in [1.82, 2.24) is 10.2 Å². The largest absolute Gasteiger partial charge is 0.494 e. The molecule has 0 atom stereocenters. The molecule has 0 aliphatic carbocycles. The molecule has 1 aromatic heterocycles. The molecule has 0 spiro atoms. The Labute approximate surface area is 130 Å². The van der Waals surface area contributed by atoms with Crippen LogP contribution in [0, 0.1) is 0 Å². The summed E-state index contributed by atoms with van der Waals surface area (Å²) in [7, 11) is -2.12. The quantitative estimate of drug-likeness (QED) is 0.819. The average Bonchev–Trinajstić information content (AvgIpc) is 2.41. The molecule has 5 nitrogen and oxygen atoms in total. The molecule has 0 amide bonds. The van der Waals surface area contributed by atoms with Crippen molar-refractivity contribution in [2.75, 3.05) is 7.11 Å². The number of aromatic nitrogens is 2. The molecule has 1 heterocycles. The van der Waals surface area contributed by atoms with Crippen molar-refractivity contribution in [1.29, 1.82) is 0 Å². The van der Waals surface area contributed by atoms with E-state index in [4.69, 9.17) is 16.3 Å². The van der Waals surface area contributed by atoms with Crippen LogP contribution >= 0.6 is 27.5 Å². The second kappa shape index (κ2) is 6.07. The lowest BCUT2D eigenvalue weighted by atomic mass is 10.4. The Balaban J connectivity index is 2.36. The minimum Gasteiger partial charge on any atom is -0.494 e. The molecule has 8 heteroatoms. The predicted octanol–water partition coefficient (Wildman–Crippen LogP) is 2.88. The summed E-state index contributed by atoms with van der Waals surface area (Å²) in [6.45, 7) is 0. The Hall–Kier alpha value is -1.18. The highest BCUT2D eigenvalue weighted by atomic mass is 79.9. The van der Waals surface area contributed by atoms with Crippen molar-refractivity contribution in [2.45, 2.75) is 10.6 Å². The molecule has 0 bridgehead atoms. The summed E-state index contributed by atoms with van der Waals surface area (Å²) in [5, 5.41) is 7.81. The third-order valence-electron chi connectivity index (χ3n) is 2.50. The maximum Gasteiger partial charge on any atom is 0.185 e. The molecule has 0 aliphatic heterocycles. The van der Waals surface area contributed by atoms with Gasteiger partial charge in [0.15, 0.2) is 20.2 Å². The first-order valence-electron chi connectivity index (χ1n) is 5.47. The number of rotatable bonds is 4. The Bertz CT molecular complexity index is 737. The summed E-state index contributed by atoms with van der Waals surface area (Å²) in [5.41, 5.74) is 0.282. The molecular weight excluding hydrogens is 368 g/mol. The smallest absolute Gasteiger partial charge is 0.185 e. The summed E-state index contributed by atoms with van der Waals surface area (Å²) in [6.07, 6.45) is 0. The van der Waals surface area contributed by atoms with E-state index in [1.165, 1.54) is 25.3 Å². The summed E-state index contributed by atoms with van der Waals surface area (Å²) < 4.78 is 30.1. The highest BCUT2D eigenvalue weighted by Crippen LogP contribution is 2.26. The standard InChI is InChI=1S/C12H10BrClN2O3S/c1-19-10-6-8(15-16-12(10)13)7-20(17,18)11-5-3-2-4-9(11)14/h2-6H,7H2,1H3. The summed E-state index contributed by atoms with van der Waals surface area (Å²) in [6, 6.07) is 7.80. The maximum atomic E-state index is 12.3. The van der Waals surface area contributed by atoms with Crippen molar-refractivity contribution in [3.05, 3.63) is 45.7 Å². The average molecular weight is 378 g/mol. The molecule has 1 aromatic carbocycles.